The van der Waals surface area contributed by atoms with Crippen LogP contribution in [0.4, 0.5) is 11.4 Å². The molecular weight excluding hydrogens is 336 g/mol. The van der Waals surface area contributed by atoms with E-state index in [1.165, 1.54) is 0 Å². The number of hydrogen-bond acceptors (Lipinski definition) is 2. The van der Waals surface area contributed by atoms with Crippen LogP contribution in [0.3, 0.4) is 0 Å². The minimum atomic E-state index is -0.370. The molecule has 1 unspecified atom stereocenters. The van der Waals surface area contributed by atoms with Crippen LogP contribution >= 0.6 is 11.6 Å². The summed E-state index contributed by atoms with van der Waals surface area (Å²) in [6, 6.07) is 11.3. The van der Waals surface area contributed by atoms with Gasteiger partial charge < -0.3 is 10.2 Å². The average molecular weight is 357 g/mol. The molecule has 0 radical (unpaired) electrons. The predicted octanol–water partition coefficient (Wildman–Crippen LogP) is 4.26. The summed E-state index contributed by atoms with van der Waals surface area (Å²) in [6.07, 6.45) is 0.221. The van der Waals surface area contributed by atoms with Gasteiger partial charge in [0.15, 0.2) is 0 Å². The second-order valence-electron chi connectivity index (χ2n) is 6.55. The Morgan fingerprint density at radius 1 is 1.12 bits per heavy atom. The molecule has 130 valence electrons. The summed E-state index contributed by atoms with van der Waals surface area (Å²) in [5.74, 6) is -0.530. The number of hydrogen-bond donors (Lipinski definition) is 1. The molecule has 1 fully saturated rings. The maximum Gasteiger partial charge on any atom is 0.229 e. The van der Waals surface area contributed by atoms with Crippen molar-refractivity contribution < 1.29 is 9.59 Å². The van der Waals surface area contributed by atoms with Crippen LogP contribution in [0.5, 0.6) is 0 Å². The Morgan fingerprint density at radius 2 is 1.76 bits per heavy atom. The fourth-order valence-corrected chi connectivity index (χ4v) is 3.48. The van der Waals surface area contributed by atoms with E-state index >= 15 is 0 Å². The monoisotopic (exact) mass is 356 g/mol. The van der Waals surface area contributed by atoms with Crippen LogP contribution in [0, 0.1) is 26.7 Å². The normalized spacial score (nSPS) is 17.0. The van der Waals surface area contributed by atoms with Gasteiger partial charge in [0, 0.05) is 29.4 Å². The highest BCUT2D eigenvalue weighted by Gasteiger charge is 2.36. The Labute approximate surface area is 152 Å². The fourth-order valence-electron chi connectivity index (χ4n) is 3.31. The smallest absolute Gasteiger partial charge is 0.229 e. The van der Waals surface area contributed by atoms with Gasteiger partial charge in [0.25, 0.3) is 0 Å². The van der Waals surface area contributed by atoms with E-state index in [2.05, 4.69) is 5.32 Å². The van der Waals surface area contributed by atoms with Gasteiger partial charge in [-0.3, -0.25) is 9.59 Å². The van der Waals surface area contributed by atoms with E-state index in [9.17, 15) is 9.59 Å². The molecule has 1 saturated heterocycles. The average Bonchev–Trinajstić information content (AvgIpc) is 2.93. The van der Waals surface area contributed by atoms with Crippen LogP contribution in [0.25, 0.3) is 0 Å². The van der Waals surface area contributed by atoms with Crippen molar-refractivity contribution in [1.82, 2.24) is 0 Å². The summed E-state index contributed by atoms with van der Waals surface area (Å²) < 4.78 is 0. The van der Waals surface area contributed by atoms with Gasteiger partial charge in [-0.25, -0.2) is 0 Å². The van der Waals surface area contributed by atoms with E-state index in [1.54, 1.807) is 17.0 Å². The largest absolute Gasteiger partial charge is 0.325 e. The maximum absolute atomic E-state index is 12.6. The lowest BCUT2D eigenvalue weighted by atomic mass is 10.1. The quantitative estimate of drug-likeness (QED) is 0.893. The molecule has 1 N–H and O–H groups in total. The Hall–Kier alpha value is -2.33. The third kappa shape index (κ3) is 3.40. The molecule has 1 heterocycles. The van der Waals surface area contributed by atoms with Crippen molar-refractivity contribution in [3.05, 3.63) is 58.1 Å². The molecule has 0 aliphatic carbocycles. The van der Waals surface area contributed by atoms with E-state index < -0.39 is 0 Å². The first-order valence-corrected chi connectivity index (χ1v) is 8.69. The highest BCUT2D eigenvalue weighted by molar-refractivity contribution is 6.31. The molecule has 0 saturated carbocycles. The van der Waals surface area contributed by atoms with Gasteiger partial charge in [-0.2, -0.15) is 0 Å². The van der Waals surface area contributed by atoms with Crippen LogP contribution in [-0.4, -0.2) is 18.4 Å². The van der Waals surface area contributed by atoms with Crippen LogP contribution < -0.4 is 10.2 Å². The zero-order valence-corrected chi connectivity index (χ0v) is 15.4. The summed E-state index contributed by atoms with van der Waals surface area (Å²) >= 11 is 6.10. The van der Waals surface area contributed by atoms with Crippen molar-refractivity contribution in [2.24, 2.45) is 5.92 Å². The Kier molecular flexibility index (Phi) is 4.82. The number of nitrogens with zero attached hydrogens (tertiary/aromatic N) is 1. The topological polar surface area (TPSA) is 49.4 Å². The number of nitrogens with one attached hydrogen (secondary N) is 1. The third-order valence-corrected chi connectivity index (χ3v) is 5.14. The van der Waals surface area contributed by atoms with Gasteiger partial charge in [-0.1, -0.05) is 35.9 Å². The molecule has 25 heavy (non-hydrogen) atoms. The molecule has 1 aliphatic rings. The lowest BCUT2D eigenvalue weighted by molar-refractivity contribution is -0.122. The first kappa shape index (κ1) is 17.5. The third-order valence-electron chi connectivity index (χ3n) is 4.73. The molecule has 1 aliphatic heterocycles. The fraction of sp³-hybridized carbons (Fsp3) is 0.300. The predicted molar refractivity (Wildman–Crippen MR) is 101 cm³/mol. The van der Waals surface area contributed by atoms with Crippen molar-refractivity contribution in [1.29, 1.82) is 0 Å². The van der Waals surface area contributed by atoms with Gasteiger partial charge in [0.05, 0.1) is 5.92 Å². The molecule has 2 aromatic carbocycles. The number of carbonyl (C=O) groups excluding carboxylic acids is 2. The number of aryl methyl sites for hydroxylation is 2. The number of carbonyl (C=O) groups is 2. The van der Waals surface area contributed by atoms with Crippen LogP contribution in [0.1, 0.15) is 23.1 Å². The molecule has 4 nitrogen and oxygen atoms in total. The van der Waals surface area contributed by atoms with Crippen molar-refractivity contribution in [3.63, 3.8) is 0 Å². The van der Waals surface area contributed by atoms with Crippen molar-refractivity contribution in [2.75, 3.05) is 16.8 Å². The zero-order valence-electron chi connectivity index (χ0n) is 14.6. The van der Waals surface area contributed by atoms with Crippen LogP contribution in [-0.2, 0) is 9.59 Å². The number of amides is 2. The first-order valence-electron chi connectivity index (χ1n) is 8.31. The number of benzene rings is 2. The summed E-state index contributed by atoms with van der Waals surface area (Å²) in [5.41, 5.74) is 4.52. The highest BCUT2D eigenvalue weighted by Crippen LogP contribution is 2.31. The zero-order chi connectivity index (χ0) is 18.1. The molecule has 0 spiro atoms. The number of anilines is 2. The van der Waals surface area contributed by atoms with Crippen LogP contribution in [0.15, 0.2) is 36.4 Å². The van der Waals surface area contributed by atoms with E-state index in [-0.39, 0.29) is 24.2 Å². The summed E-state index contributed by atoms with van der Waals surface area (Å²) in [5, 5.41) is 3.52. The van der Waals surface area contributed by atoms with Crippen molar-refractivity contribution in [3.8, 4) is 0 Å². The standard InChI is InChI=1S/C20H21ClN2O2/c1-12-6-4-7-13(2)19(12)23-11-15(10-18(23)24)20(25)22-17-9-5-8-16(21)14(17)3/h4-9,15H,10-11H2,1-3H3,(H,22,25). The van der Waals surface area contributed by atoms with E-state index in [0.717, 1.165) is 22.4 Å². The highest BCUT2D eigenvalue weighted by atomic mass is 35.5. The van der Waals surface area contributed by atoms with E-state index in [0.29, 0.717) is 17.3 Å². The lowest BCUT2D eigenvalue weighted by Gasteiger charge is -2.21. The molecule has 5 heteroatoms. The first-order chi connectivity index (χ1) is 11.9. The van der Waals surface area contributed by atoms with Gasteiger partial charge in [0.2, 0.25) is 11.8 Å². The molecule has 3 rings (SSSR count). The molecular formula is C20H21ClN2O2. The van der Waals surface area contributed by atoms with E-state index in [1.807, 2.05) is 45.0 Å². The van der Waals surface area contributed by atoms with Crippen molar-refractivity contribution >= 4 is 34.8 Å². The number of rotatable bonds is 3. The number of halogens is 1. The Morgan fingerprint density at radius 3 is 2.44 bits per heavy atom. The summed E-state index contributed by atoms with van der Waals surface area (Å²) in [6.45, 7) is 6.23. The minimum absolute atomic E-state index is 0.0135. The maximum atomic E-state index is 12.6. The molecule has 0 bridgehead atoms. The SMILES string of the molecule is Cc1cccc(C)c1N1CC(C(=O)Nc2cccc(Cl)c2C)CC1=O. The Bertz CT molecular complexity index is 827. The summed E-state index contributed by atoms with van der Waals surface area (Å²) in [4.78, 5) is 26.9. The number of para-hydroxylation sites is 1. The van der Waals surface area contributed by atoms with Gasteiger partial charge in [-0.15, -0.1) is 0 Å². The van der Waals surface area contributed by atoms with Gasteiger partial charge in [0.1, 0.15) is 0 Å². The van der Waals surface area contributed by atoms with Gasteiger partial charge >= 0.3 is 0 Å². The molecule has 2 amide bonds. The summed E-state index contributed by atoms with van der Waals surface area (Å²) in [7, 11) is 0. The molecule has 0 aromatic heterocycles. The van der Waals surface area contributed by atoms with Crippen LogP contribution in [0.2, 0.25) is 5.02 Å². The lowest BCUT2D eigenvalue weighted by Crippen LogP contribution is -2.29. The molecule has 2 aromatic rings. The second-order valence-corrected chi connectivity index (χ2v) is 6.95. The molecule has 1 atom stereocenters. The van der Waals surface area contributed by atoms with E-state index in [4.69, 9.17) is 11.6 Å². The minimum Gasteiger partial charge on any atom is -0.325 e. The Balaban J connectivity index is 1.78. The second kappa shape index (κ2) is 6.89. The van der Waals surface area contributed by atoms with Crippen molar-refractivity contribution in [2.45, 2.75) is 27.2 Å². The van der Waals surface area contributed by atoms with Gasteiger partial charge in [-0.05, 0) is 49.6 Å².